The minimum absolute atomic E-state index is 0.185. The molecule has 2 aromatic heterocycles. The highest BCUT2D eigenvalue weighted by Gasteiger charge is 2.11. The maximum Gasteiger partial charge on any atom is 0.0464 e. The zero-order valence-electron chi connectivity index (χ0n) is 10.8. The molecule has 3 N–H and O–H groups in total. The summed E-state index contributed by atoms with van der Waals surface area (Å²) in [5, 5.41) is 4.30. The zero-order chi connectivity index (χ0) is 13.0. The molecule has 2 heterocycles. The Kier molecular flexibility index (Phi) is 4.47. The summed E-state index contributed by atoms with van der Waals surface area (Å²) in [7, 11) is 0. The van der Waals surface area contributed by atoms with E-state index in [0.29, 0.717) is 0 Å². The predicted molar refractivity (Wildman–Crippen MR) is 76.4 cm³/mol. The smallest absolute Gasteiger partial charge is 0.0464 e. The van der Waals surface area contributed by atoms with E-state index in [1.165, 1.54) is 11.1 Å². The zero-order valence-corrected chi connectivity index (χ0v) is 11.6. The van der Waals surface area contributed by atoms with Crippen molar-refractivity contribution < 1.29 is 0 Å². The number of nitrogens with two attached hydrogens (primary N) is 1. The van der Waals surface area contributed by atoms with Crippen molar-refractivity contribution in [2.45, 2.75) is 32.7 Å². The fourth-order valence-electron chi connectivity index (χ4n) is 2.16. The molecule has 1 unspecified atom stereocenters. The second-order valence-electron chi connectivity index (χ2n) is 4.57. The van der Waals surface area contributed by atoms with Crippen molar-refractivity contribution in [1.29, 1.82) is 0 Å². The van der Waals surface area contributed by atoms with Gasteiger partial charge in [0.2, 0.25) is 0 Å². The average molecular weight is 261 g/mol. The van der Waals surface area contributed by atoms with Crippen LogP contribution in [0.2, 0.25) is 0 Å². The van der Waals surface area contributed by atoms with Gasteiger partial charge in [-0.2, -0.15) is 11.3 Å². The molecule has 0 aliphatic carbocycles. The molecule has 4 heteroatoms. The third-order valence-corrected chi connectivity index (χ3v) is 3.74. The van der Waals surface area contributed by atoms with Crippen LogP contribution in [0.5, 0.6) is 0 Å². The molecule has 0 aliphatic heterocycles. The van der Waals surface area contributed by atoms with Crippen molar-refractivity contribution in [2.24, 2.45) is 5.84 Å². The Hall–Kier alpha value is -1.23. The summed E-state index contributed by atoms with van der Waals surface area (Å²) in [6.45, 7) is 4.03. The van der Waals surface area contributed by atoms with E-state index >= 15 is 0 Å². The Labute approximate surface area is 112 Å². The van der Waals surface area contributed by atoms with Gasteiger partial charge in [0.05, 0.1) is 0 Å². The maximum absolute atomic E-state index is 5.68. The van der Waals surface area contributed by atoms with E-state index in [2.05, 4.69) is 39.4 Å². The first-order chi connectivity index (χ1) is 8.69. The maximum atomic E-state index is 5.68. The second kappa shape index (κ2) is 6.09. The van der Waals surface area contributed by atoms with E-state index in [1.54, 1.807) is 11.3 Å². The van der Waals surface area contributed by atoms with E-state index in [0.717, 1.165) is 24.2 Å². The standard InChI is InChI=1S/C14H19N3S/c1-10-7-13(8-11(2)16-10)14(17-15)4-3-12-5-6-18-9-12/h5-9,14,17H,3-4,15H2,1-2H3. The lowest BCUT2D eigenvalue weighted by Gasteiger charge is -2.17. The molecule has 0 amide bonds. The molecule has 0 saturated carbocycles. The van der Waals surface area contributed by atoms with Gasteiger partial charge in [0.25, 0.3) is 0 Å². The molecule has 0 spiro atoms. The second-order valence-corrected chi connectivity index (χ2v) is 5.35. The Morgan fingerprint density at radius 2 is 2.06 bits per heavy atom. The molecule has 0 aromatic carbocycles. The number of thiophene rings is 1. The number of hydrogen-bond acceptors (Lipinski definition) is 4. The highest BCUT2D eigenvalue weighted by molar-refractivity contribution is 7.07. The van der Waals surface area contributed by atoms with Gasteiger partial charge in [0.15, 0.2) is 0 Å². The lowest BCUT2D eigenvalue weighted by Crippen LogP contribution is -2.28. The number of aryl methyl sites for hydroxylation is 3. The van der Waals surface area contributed by atoms with Crippen LogP contribution in [0.3, 0.4) is 0 Å². The number of aromatic nitrogens is 1. The monoisotopic (exact) mass is 261 g/mol. The molecule has 18 heavy (non-hydrogen) atoms. The predicted octanol–water partition coefficient (Wildman–Crippen LogP) is 2.90. The van der Waals surface area contributed by atoms with E-state index in [9.17, 15) is 0 Å². The minimum atomic E-state index is 0.185. The van der Waals surface area contributed by atoms with Crippen molar-refractivity contribution in [3.8, 4) is 0 Å². The van der Waals surface area contributed by atoms with E-state index in [1.807, 2.05) is 13.8 Å². The third-order valence-electron chi connectivity index (χ3n) is 3.01. The normalized spacial score (nSPS) is 12.6. The Bertz CT molecular complexity index is 473. The third kappa shape index (κ3) is 3.38. The first kappa shape index (κ1) is 13.2. The summed E-state index contributed by atoms with van der Waals surface area (Å²) in [5.74, 6) is 5.68. The van der Waals surface area contributed by atoms with Gasteiger partial charge in [0, 0.05) is 17.4 Å². The van der Waals surface area contributed by atoms with Crippen molar-refractivity contribution >= 4 is 11.3 Å². The van der Waals surface area contributed by atoms with Crippen LogP contribution < -0.4 is 11.3 Å². The summed E-state index contributed by atoms with van der Waals surface area (Å²) in [5.41, 5.74) is 7.59. The largest absolute Gasteiger partial charge is 0.271 e. The van der Waals surface area contributed by atoms with Crippen LogP contribution in [0.1, 0.15) is 35.0 Å². The molecule has 0 saturated heterocycles. The first-order valence-corrected chi connectivity index (χ1v) is 7.05. The lowest BCUT2D eigenvalue weighted by molar-refractivity contribution is 0.515. The highest BCUT2D eigenvalue weighted by atomic mass is 32.1. The van der Waals surface area contributed by atoms with Crippen LogP contribution in [0.4, 0.5) is 0 Å². The van der Waals surface area contributed by atoms with Gasteiger partial charge in [0.1, 0.15) is 0 Å². The highest BCUT2D eigenvalue weighted by Crippen LogP contribution is 2.20. The molecule has 0 bridgehead atoms. The number of hydrogen-bond donors (Lipinski definition) is 2. The van der Waals surface area contributed by atoms with Gasteiger partial charge in [-0.25, -0.2) is 0 Å². The van der Waals surface area contributed by atoms with Crippen LogP contribution in [0, 0.1) is 13.8 Å². The molecular formula is C14H19N3S. The van der Waals surface area contributed by atoms with Gasteiger partial charge in [-0.1, -0.05) is 0 Å². The molecule has 0 radical (unpaired) electrons. The van der Waals surface area contributed by atoms with Gasteiger partial charge in [-0.3, -0.25) is 16.3 Å². The van der Waals surface area contributed by atoms with Gasteiger partial charge in [-0.15, -0.1) is 0 Å². The number of hydrazine groups is 1. The number of nitrogens with one attached hydrogen (secondary N) is 1. The first-order valence-electron chi connectivity index (χ1n) is 6.11. The fourth-order valence-corrected chi connectivity index (χ4v) is 2.86. The van der Waals surface area contributed by atoms with Crippen LogP contribution in [-0.2, 0) is 6.42 Å². The van der Waals surface area contributed by atoms with Crippen LogP contribution in [-0.4, -0.2) is 4.98 Å². The van der Waals surface area contributed by atoms with Gasteiger partial charge < -0.3 is 0 Å². The minimum Gasteiger partial charge on any atom is -0.271 e. The van der Waals surface area contributed by atoms with Crippen molar-refractivity contribution in [3.05, 3.63) is 51.5 Å². The Morgan fingerprint density at radius 3 is 2.61 bits per heavy atom. The molecule has 2 rings (SSSR count). The molecule has 2 aromatic rings. The Morgan fingerprint density at radius 1 is 1.33 bits per heavy atom. The number of pyridine rings is 1. The number of rotatable bonds is 5. The SMILES string of the molecule is Cc1cc(C(CCc2ccsc2)NN)cc(C)n1. The fraction of sp³-hybridized carbons (Fsp3) is 0.357. The summed E-state index contributed by atoms with van der Waals surface area (Å²) in [4.78, 5) is 4.39. The summed E-state index contributed by atoms with van der Waals surface area (Å²) < 4.78 is 0. The molecule has 3 nitrogen and oxygen atoms in total. The summed E-state index contributed by atoms with van der Waals surface area (Å²) >= 11 is 1.74. The summed E-state index contributed by atoms with van der Waals surface area (Å²) in [6, 6.07) is 6.56. The van der Waals surface area contributed by atoms with Crippen molar-refractivity contribution in [1.82, 2.24) is 10.4 Å². The Balaban J connectivity index is 2.07. The van der Waals surface area contributed by atoms with E-state index in [-0.39, 0.29) is 6.04 Å². The van der Waals surface area contributed by atoms with E-state index < -0.39 is 0 Å². The van der Waals surface area contributed by atoms with E-state index in [4.69, 9.17) is 5.84 Å². The summed E-state index contributed by atoms with van der Waals surface area (Å²) in [6.07, 6.45) is 2.04. The van der Waals surface area contributed by atoms with Crippen molar-refractivity contribution in [3.63, 3.8) is 0 Å². The van der Waals surface area contributed by atoms with Crippen LogP contribution >= 0.6 is 11.3 Å². The van der Waals surface area contributed by atoms with Gasteiger partial charge in [-0.05, 0) is 66.8 Å². The topological polar surface area (TPSA) is 50.9 Å². The van der Waals surface area contributed by atoms with Crippen LogP contribution in [0.15, 0.2) is 29.0 Å². The molecule has 96 valence electrons. The molecular weight excluding hydrogens is 242 g/mol. The average Bonchev–Trinajstić information content (AvgIpc) is 2.81. The molecule has 1 atom stereocenters. The van der Waals surface area contributed by atoms with Crippen LogP contribution in [0.25, 0.3) is 0 Å². The molecule has 0 fully saturated rings. The van der Waals surface area contributed by atoms with Gasteiger partial charge >= 0.3 is 0 Å². The lowest BCUT2D eigenvalue weighted by atomic mass is 10.00. The van der Waals surface area contributed by atoms with Crippen molar-refractivity contribution in [2.75, 3.05) is 0 Å². The quantitative estimate of drug-likeness (QED) is 0.643. The molecule has 0 aliphatic rings. The number of nitrogens with zero attached hydrogens (tertiary/aromatic N) is 1.